The zero-order valence-electron chi connectivity index (χ0n) is 20.2. The third-order valence-electron chi connectivity index (χ3n) is 6.32. The number of rotatable bonds is 6. The number of H-pyrrole nitrogens is 1. The molecule has 1 N–H and O–H groups in total. The van der Waals surface area contributed by atoms with Crippen molar-refractivity contribution in [3.8, 4) is 17.5 Å². The van der Waals surface area contributed by atoms with Crippen molar-refractivity contribution in [1.29, 1.82) is 0 Å². The maximum atomic E-state index is 14.8. The first-order valence-electron chi connectivity index (χ1n) is 11.7. The van der Waals surface area contributed by atoms with Gasteiger partial charge in [-0.1, -0.05) is 23.4 Å². The predicted molar refractivity (Wildman–Crippen MR) is 132 cm³/mol. The number of carbonyl (C=O) groups is 2. The normalized spacial score (nSPS) is 13.7. The van der Waals surface area contributed by atoms with Crippen LogP contribution in [0.4, 0.5) is 10.3 Å². The lowest BCUT2D eigenvalue weighted by Crippen LogP contribution is -2.51. The van der Waals surface area contributed by atoms with Gasteiger partial charge in [-0.05, 0) is 12.1 Å². The van der Waals surface area contributed by atoms with Gasteiger partial charge in [-0.3, -0.25) is 9.59 Å². The van der Waals surface area contributed by atoms with E-state index in [9.17, 15) is 14.0 Å². The lowest BCUT2D eigenvalue weighted by atomic mass is 10.1. The van der Waals surface area contributed by atoms with Gasteiger partial charge in [-0.2, -0.15) is 9.67 Å². The quantitative estimate of drug-likeness (QED) is 0.262. The molecular weight excluding hydrogens is 495 g/mol. The minimum absolute atomic E-state index is 0.0226. The molecule has 13 nitrogen and oxygen atoms in total. The maximum Gasteiger partial charge on any atom is 0.337 e. The smallest absolute Gasteiger partial charge is 0.337 e. The Bertz CT molecular complexity index is 1620. The lowest BCUT2D eigenvalue weighted by molar-refractivity contribution is -0.126. The van der Waals surface area contributed by atoms with Crippen molar-refractivity contribution in [3.63, 3.8) is 0 Å². The van der Waals surface area contributed by atoms with Gasteiger partial charge in [0.1, 0.15) is 0 Å². The van der Waals surface area contributed by atoms with Gasteiger partial charge in [0.25, 0.3) is 11.7 Å². The summed E-state index contributed by atoms with van der Waals surface area (Å²) in [5, 5.41) is 12.0. The summed E-state index contributed by atoms with van der Waals surface area (Å²) < 4.78 is 23.0. The summed E-state index contributed by atoms with van der Waals surface area (Å²) in [5.74, 6) is -1.42. The summed E-state index contributed by atoms with van der Waals surface area (Å²) >= 11 is 0. The molecule has 0 bridgehead atoms. The fourth-order valence-corrected chi connectivity index (χ4v) is 4.46. The third kappa shape index (κ3) is 3.91. The van der Waals surface area contributed by atoms with Gasteiger partial charge in [0.2, 0.25) is 5.95 Å². The van der Waals surface area contributed by atoms with E-state index < -0.39 is 17.5 Å². The minimum Gasteiger partial charge on any atom is -0.466 e. The van der Waals surface area contributed by atoms with Crippen molar-refractivity contribution in [2.45, 2.75) is 0 Å². The summed E-state index contributed by atoms with van der Waals surface area (Å²) in [6.07, 6.45) is 5.31. The number of nitrogens with zero attached hydrogens (tertiary/aromatic N) is 9. The van der Waals surface area contributed by atoms with Gasteiger partial charge < -0.3 is 19.5 Å². The third-order valence-corrected chi connectivity index (χ3v) is 6.32. The zero-order valence-corrected chi connectivity index (χ0v) is 20.2. The van der Waals surface area contributed by atoms with Crippen LogP contribution in [0.2, 0.25) is 0 Å². The van der Waals surface area contributed by atoms with E-state index in [4.69, 9.17) is 4.74 Å². The number of amides is 1. The Balaban J connectivity index is 1.21. The number of hydrogen-bond donors (Lipinski definition) is 1. The average Bonchev–Trinajstić information content (AvgIpc) is 3.73. The van der Waals surface area contributed by atoms with E-state index in [0.717, 1.165) is 11.9 Å². The van der Waals surface area contributed by atoms with Gasteiger partial charge in [0.05, 0.1) is 47.9 Å². The topological polar surface area (TPSA) is 140 Å². The summed E-state index contributed by atoms with van der Waals surface area (Å²) in [4.78, 5) is 41.2. The number of pyridine rings is 1. The number of ether oxygens (including phenoxy) is 1. The molecule has 1 aliphatic heterocycles. The molecule has 0 aliphatic carbocycles. The summed E-state index contributed by atoms with van der Waals surface area (Å²) in [7, 11) is 1.50. The molecule has 1 aliphatic rings. The molecule has 1 amide bonds. The van der Waals surface area contributed by atoms with Crippen LogP contribution in [-0.4, -0.2) is 89.6 Å². The van der Waals surface area contributed by atoms with Gasteiger partial charge in [-0.15, -0.1) is 10.2 Å². The molecule has 0 radical (unpaired) electrons. The fraction of sp³-hybridized carbons (Fsp3) is 0.208. The number of aromatic amines is 1. The van der Waals surface area contributed by atoms with Crippen LogP contribution < -0.4 is 9.64 Å². The molecule has 14 heteroatoms. The second-order valence-electron chi connectivity index (χ2n) is 8.48. The van der Waals surface area contributed by atoms with Gasteiger partial charge in [-0.25, -0.2) is 14.1 Å². The second kappa shape index (κ2) is 9.38. The molecule has 5 aromatic rings. The summed E-state index contributed by atoms with van der Waals surface area (Å²) in [5.41, 5.74) is 0.987. The monoisotopic (exact) mass is 516 g/mol. The van der Waals surface area contributed by atoms with Crippen molar-refractivity contribution in [3.05, 3.63) is 66.5 Å². The van der Waals surface area contributed by atoms with Crippen molar-refractivity contribution in [1.82, 2.24) is 44.6 Å². The predicted octanol–water partition coefficient (Wildman–Crippen LogP) is 1.40. The number of carbonyl (C=O) groups excluding carboxylic acids is 2. The number of anilines is 1. The number of methoxy groups -OCH3 is 1. The Labute approximate surface area is 214 Å². The Hall–Kier alpha value is -5.14. The highest BCUT2D eigenvalue weighted by Crippen LogP contribution is 2.27. The molecule has 1 saturated heterocycles. The molecule has 5 heterocycles. The fourth-order valence-electron chi connectivity index (χ4n) is 4.46. The molecular formula is C24H21FN10O3. The van der Waals surface area contributed by atoms with Crippen molar-refractivity contribution >= 4 is 28.5 Å². The molecule has 0 unspecified atom stereocenters. The Morgan fingerprint density at radius 2 is 1.89 bits per heavy atom. The lowest BCUT2D eigenvalue weighted by Gasteiger charge is -2.34. The van der Waals surface area contributed by atoms with Crippen LogP contribution in [0.3, 0.4) is 0 Å². The molecule has 38 heavy (non-hydrogen) atoms. The highest BCUT2D eigenvalue weighted by molar-refractivity contribution is 6.45. The Morgan fingerprint density at radius 3 is 2.61 bits per heavy atom. The van der Waals surface area contributed by atoms with Crippen LogP contribution in [0, 0.1) is 5.82 Å². The highest BCUT2D eigenvalue weighted by Gasteiger charge is 2.31. The van der Waals surface area contributed by atoms with Gasteiger partial charge in [0.15, 0.2) is 11.6 Å². The highest BCUT2D eigenvalue weighted by atomic mass is 19.1. The largest absolute Gasteiger partial charge is 0.466 e. The number of fused-ring (bicyclic) bond motifs is 1. The van der Waals surface area contributed by atoms with E-state index in [1.807, 2.05) is 35.2 Å². The number of nitrogens with one attached hydrogen (secondary N) is 1. The average molecular weight is 516 g/mol. The molecule has 1 aromatic carbocycles. The summed E-state index contributed by atoms with van der Waals surface area (Å²) in [6, 6.07) is 9.73. The first kappa shape index (κ1) is 23.3. The molecule has 0 spiro atoms. The van der Waals surface area contributed by atoms with Crippen molar-refractivity contribution < 1.29 is 18.7 Å². The van der Waals surface area contributed by atoms with Crippen LogP contribution >= 0.6 is 0 Å². The number of para-hydroxylation sites is 1. The number of ketones is 1. The number of hydrogen-bond acceptors (Lipinski definition) is 9. The van der Waals surface area contributed by atoms with Crippen LogP contribution in [0.1, 0.15) is 10.4 Å². The standard InChI is InChI=1S/C24H21FN10O3/c1-38-23-29-24(35(30-23)15-5-3-2-4-6-15)33-11-9-32(10-12-33)22(37)20(36)16-13-26-19-18(16)17(25)14-27-21(19)34-8-7-28-31-34/h2-8,13-14,26H,9-12H2,1H3. The minimum atomic E-state index is -0.812. The SMILES string of the molecule is COc1nc(N2CCN(C(=O)C(=O)c3c[nH]c4c(-n5ccnn5)ncc(F)c34)CC2)n(-c2ccccc2)n1. The first-order valence-corrected chi connectivity index (χ1v) is 11.7. The van der Waals surface area contributed by atoms with E-state index in [1.165, 1.54) is 29.1 Å². The van der Waals surface area contributed by atoms with Gasteiger partial charge in [0, 0.05) is 32.4 Å². The number of Topliss-reactive ketones (excluding diaryl/α,β-unsaturated/α-hetero) is 1. The van der Waals surface area contributed by atoms with Crippen LogP contribution in [-0.2, 0) is 4.79 Å². The van der Waals surface area contributed by atoms with Crippen LogP contribution in [0.25, 0.3) is 22.4 Å². The Kier molecular flexibility index (Phi) is 5.75. The summed E-state index contributed by atoms with van der Waals surface area (Å²) in [6.45, 7) is 1.36. The first-order chi connectivity index (χ1) is 18.5. The van der Waals surface area contributed by atoms with E-state index in [-0.39, 0.29) is 41.4 Å². The van der Waals surface area contributed by atoms with Crippen LogP contribution in [0.15, 0.2) is 55.1 Å². The van der Waals surface area contributed by atoms with Crippen LogP contribution in [0.5, 0.6) is 6.01 Å². The van der Waals surface area contributed by atoms with Crippen molar-refractivity contribution in [2.75, 3.05) is 38.2 Å². The van der Waals surface area contributed by atoms with E-state index in [0.29, 0.717) is 19.0 Å². The van der Waals surface area contributed by atoms with E-state index >= 15 is 0 Å². The maximum absolute atomic E-state index is 14.8. The number of piperazine rings is 1. The number of benzene rings is 1. The molecule has 4 aromatic heterocycles. The number of halogens is 1. The van der Waals surface area contributed by atoms with E-state index in [1.54, 1.807) is 10.9 Å². The second-order valence-corrected chi connectivity index (χ2v) is 8.48. The van der Waals surface area contributed by atoms with Gasteiger partial charge >= 0.3 is 6.01 Å². The molecule has 192 valence electrons. The number of aromatic nitrogens is 8. The molecule has 0 atom stereocenters. The Morgan fingerprint density at radius 1 is 1.11 bits per heavy atom. The van der Waals surface area contributed by atoms with E-state index in [2.05, 4.69) is 30.4 Å². The molecule has 6 rings (SSSR count). The molecule has 0 saturated carbocycles. The van der Waals surface area contributed by atoms with Crippen molar-refractivity contribution in [2.24, 2.45) is 0 Å². The zero-order chi connectivity index (χ0) is 26.2. The molecule has 1 fully saturated rings.